The first-order chi connectivity index (χ1) is 9.08. The Labute approximate surface area is 109 Å². The van der Waals surface area contributed by atoms with Gasteiger partial charge in [-0.1, -0.05) is 6.07 Å². The maximum Gasteiger partial charge on any atom is 0.257 e. The number of carbonyl (C=O) groups excluding carboxylic acids is 1. The van der Waals surface area contributed by atoms with E-state index in [2.05, 4.69) is 5.32 Å². The molecule has 104 valence electrons. The second-order valence-corrected chi connectivity index (χ2v) is 4.65. The van der Waals surface area contributed by atoms with E-state index in [1.54, 1.807) is 0 Å². The van der Waals surface area contributed by atoms with Crippen molar-refractivity contribution in [2.75, 3.05) is 19.8 Å². The topological polar surface area (TPSA) is 64.3 Å². The lowest BCUT2D eigenvalue weighted by molar-refractivity contribution is 0.0386. The van der Waals surface area contributed by atoms with Gasteiger partial charge in [0.2, 0.25) is 0 Å². The van der Waals surface area contributed by atoms with Gasteiger partial charge >= 0.3 is 0 Å². The molecule has 3 N–H and O–H groups in total. The number of nitrogens with one attached hydrogen (secondary N) is 1. The molecule has 0 atom stereocenters. The lowest BCUT2D eigenvalue weighted by Gasteiger charge is -2.37. The Morgan fingerprint density at radius 2 is 1.89 bits per heavy atom. The monoisotopic (exact) mass is 270 g/mol. The molecule has 0 unspecified atom stereocenters. The number of rotatable bonds is 3. The SMILES string of the molecule is NCC1(NC(=O)c2c(F)cccc2F)CCOCC1. The van der Waals surface area contributed by atoms with E-state index in [4.69, 9.17) is 10.5 Å². The van der Waals surface area contributed by atoms with E-state index in [0.717, 1.165) is 12.1 Å². The molecule has 1 fully saturated rings. The zero-order valence-corrected chi connectivity index (χ0v) is 10.4. The number of carbonyl (C=O) groups is 1. The van der Waals surface area contributed by atoms with Crippen molar-refractivity contribution in [1.82, 2.24) is 5.32 Å². The predicted molar refractivity (Wildman–Crippen MR) is 65.7 cm³/mol. The first-order valence-corrected chi connectivity index (χ1v) is 6.12. The summed E-state index contributed by atoms with van der Waals surface area (Å²) >= 11 is 0. The molecule has 0 saturated carbocycles. The lowest BCUT2D eigenvalue weighted by atomic mass is 9.89. The largest absolute Gasteiger partial charge is 0.381 e. The molecule has 1 saturated heterocycles. The van der Waals surface area contributed by atoms with Crippen molar-refractivity contribution in [2.45, 2.75) is 18.4 Å². The van der Waals surface area contributed by atoms with E-state index in [1.165, 1.54) is 6.07 Å². The highest BCUT2D eigenvalue weighted by Crippen LogP contribution is 2.21. The van der Waals surface area contributed by atoms with Crippen LogP contribution in [-0.2, 0) is 4.74 Å². The average Bonchev–Trinajstić information content (AvgIpc) is 2.39. The number of amides is 1. The summed E-state index contributed by atoms with van der Waals surface area (Å²) in [5.41, 5.74) is 4.47. The van der Waals surface area contributed by atoms with Gasteiger partial charge in [-0.05, 0) is 25.0 Å². The standard InChI is InChI=1S/C13H16F2N2O2/c14-9-2-1-3-10(15)11(9)12(18)17-13(8-16)4-6-19-7-5-13/h1-3H,4-8,16H2,(H,17,18). The zero-order chi connectivity index (χ0) is 13.9. The van der Waals surface area contributed by atoms with Gasteiger partial charge in [0.05, 0.1) is 5.54 Å². The maximum absolute atomic E-state index is 13.5. The van der Waals surface area contributed by atoms with Crippen molar-refractivity contribution >= 4 is 5.91 Å². The molecule has 1 aliphatic rings. The molecule has 0 aromatic heterocycles. The molecule has 1 amide bonds. The van der Waals surface area contributed by atoms with Crippen molar-refractivity contribution in [3.63, 3.8) is 0 Å². The molecule has 0 radical (unpaired) electrons. The fraction of sp³-hybridized carbons (Fsp3) is 0.462. The molecule has 1 aromatic carbocycles. The summed E-state index contributed by atoms with van der Waals surface area (Å²) in [6.45, 7) is 1.15. The van der Waals surface area contributed by atoms with Gasteiger partial charge in [0.15, 0.2) is 0 Å². The Balaban J connectivity index is 2.20. The number of nitrogens with two attached hydrogens (primary N) is 1. The van der Waals surface area contributed by atoms with Crippen molar-refractivity contribution in [2.24, 2.45) is 5.73 Å². The van der Waals surface area contributed by atoms with Crippen LogP contribution in [0.3, 0.4) is 0 Å². The summed E-state index contributed by atoms with van der Waals surface area (Å²) in [6.07, 6.45) is 1.07. The van der Waals surface area contributed by atoms with Crippen LogP contribution in [-0.4, -0.2) is 31.2 Å². The summed E-state index contributed by atoms with van der Waals surface area (Å²) in [6, 6.07) is 3.32. The Kier molecular flexibility index (Phi) is 4.11. The van der Waals surface area contributed by atoms with Crippen LogP contribution in [0.5, 0.6) is 0 Å². The fourth-order valence-corrected chi connectivity index (χ4v) is 2.16. The van der Waals surface area contributed by atoms with Crippen LogP contribution >= 0.6 is 0 Å². The Morgan fingerprint density at radius 1 is 1.32 bits per heavy atom. The second kappa shape index (κ2) is 5.63. The van der Waals surface area contributed by atoms with Crippen molar-refractivity contribution in [3.05, 3.63) is 35.4 Å². The molecule has 0 aliphatic carbocycles. The van der Waals surface area contributed by atoms with Crippen LogP contribution in [0.2, 0.25) is 0 Å². The molecule has 6 heteroatoms. The van der Waals surface area contributed by atoms with E-state index < -0.39 is 28.6 Å². The van der Waals surface area contributed by atoms with Crippen molar-refractivity contribution in [1.29, 1.82) is 0 Å². The second-order valence-electron chi connectivity index (χ2n) is 4.65. The van der Waals surface area contributed by atoms with Gasteiger partial charge in [-0.3, -0.25) is 4.79 Å². The van der Waals surface area contributed by atoms with Crippen molar-refractivity contribution < 1.29 is 18.3 Å². The number of benzene rings is 1. The van der Waals surface area contributed by atoms with Crippen LogP contribution in [0, 0.1) is 11.6 Å². The number of ether oxygens (including phenoxy) is 1. The highest BCUT2D eigenvalue weighted by atomic mass is 19.1. The molecule has 19 heavy (non-hydrogen) atoms. The van der Waals surface area contributed by atoms with E-state index in [-0.39, 0.29) is 6.54 Å². The third-order valence-corrected chi connectivity index (χ3v) is 3.41. The quantitative estimate of drug-likeness (QED) is 0.867. The number of halogens is 2. The van der Waals surface area contributed by atoms with E-state index >= 15 is 0 Å². The van der Waals surface area contributed by atoms with Crippen LogP contribution in [0.15, 0.2) is 18.2 Å². The Bertz CT molecular complexity index is 453. The first-order valence-electron chi connectivity index (χ1n) is 6.12. The predicted octanol–water partition coefficient (Wildman–Crippen LogP) is 1.20. The summed E-state index contributed by atoms with van der Waals surface area (Å²) in [7, 11) is 0. The molecule has 4 nitrogen and oxygen atoms in total. The molecule has 1 aliphatic heterocycles. The number of hydrogen-bond acceptors (Lipinski definition) is 3. The maximum atomic E-state index is 13.5. The van der Waals surface area contributed by atoms with Gasteiger partial charge in [0.1, 0.15) is 17.2 Å². The third-order valence-electron chi connectivity index (χ3n) is 3.41. The van der Waals surface area contributed by atoms with Gasteiger partial charge in [0, 0.05) is 19.8 Å². The summed E-state index contributed by atoms with van der Waals surface area (Å²) in [5, 5.41) is 2.66. The van der Waals surface area contributed by atoms with Crippen LogP contribution in [0.4, 0.5) is 8.78 Å². The van der Waals surface area contributed by atoms with Gasteiger partial charge < -0.3 is 15.8 Å². The highest BCUT2D eigenvalue weighted by Gasteiger charge is 2.34. The minimum Gasteiger partial charge on any atom is -0.381 e. The molecule has 1 heterocycles. The first kappa shape index (κ1) is 13.9. The fourth-order valence-electron chi connectivity index (χ4n) is 2.16. The average molecular weight is 270 g/mol. The van der Waals surface area contributed by atoms with E-state index in [0.29, 0.717) is 26.1 Å². The molecular weight excluding hydrogens is 254 g/mol. The smallest absolute Gasteiger partial charge is 0.257 e. The molecule has 2 rings (SSSR count). The van der Waals surface area contributed by atoms with Gasteiger partial charge in [-0.2, -0.15) is 0 Å². The van der Waals surface area contributed by atoms with Crippen LogP contribution in [0.25, 0.3) is 0 Å². The minimum absolute atomic E-state index is 0.207. The normalized spacial score (nSPS) is 18.1. The van der Waals surface area contributed by atoms with Gasteiger partial charge in [-0.15, -0.1) is 0 Å². The summed E-state index contributed by atoms with van der Waals surface area (Å²) < 4.78 is 32.3. The summed E-state index contributed by atoms with van der Waals surface area (Å²) in [5.74, 6) is -2.53. The minimum atomic E-state index is -0.878. The molecule has 1 aromatic rings. The highest BCUT2D eigenvalue weighted by molar-refractivity contribution is 5.95. The number of hydrogen-bond donors (Lipinski definition) is 2. The van der Waals surface area contributed by atoms with Crippen LogP contribution < -0.4 is 11.1 Å². The van der Waals surface area contributed by atoms with Crippen molar-refractivity contribution in [3.8, 4) is 0 Å². The third kappa shape index (κ3) is 2.90. The molecular formula is C13H16F2N2O2. The zero-order valence-electron chi connectivity index (χ0n) is 10.4. The Hall–Kier alpha value is -1.53. The van der Waals surface area contributed by atoms with E-state index in [1.807, 2.05) is 0 Å². The van der Waals surface area contributed by atoms with Gasteiger partial charge in [-0.25, -0.2) is 8.78 Å². The van der Waals surface area contributed by atoms with E-state index in [9.17, 15) is 13.6 Å². The molecule has 0 bridgehead atoms. The summed E-state index contributed by atoms with van der Waals surface area (Å²) in [4.78, 5) is 12.0. The van der Waals surface area contributed by atoms with Crippen LogP contribution in [0.1, 0.15) is 23.2 Å². The van der Waals surface area contributed by atoms with Gasteiger partial charge in [0.25, 0.3) is 5.91 Å². The Morgan fingerprint density at radius 3 is 2.42 bits per heavy atom. The molecule has 0 spiro atoms. The lowest BCUT2D eigenvalue weighted by Crippen LogP contribution is -2.56.